The van der Waals surface area contributed by atoms with E-state index < -0.39 is 27.4 Å². The van der Waals surface area contributed by atoms with Gasteiger partial charge in [-0.2, -0.15) is 5.10 Å². The number of rotatable bonds is 4. The lowest BCUT2D eigenvalue weighted by Gasteiger charge is -2.05. The topological polar surface area (TPSA) is 75.6 Å². The zero-order valence-electron chi connectivity index (χ0n) is 11.1. The van der Waals surface area contributed by atoms with Gasteiger partial charge in [0.2, 0.25) is 5.91 Å². The number of nitrogens with zero attached hydrogens (tertiary/aromatic N) is 1. The van der Waals surface area contributed by atoms with Crippen molar-refractivity contribution in [1.29, 1.82) is 0 Å². The third kappa shape index (κ3) is 4.59. The highest BCUT2D eigenvalue weighted by Crippen LogP contribution is 2.21. The Morgan fingerprint density at radius 1 is 1.38 bits per heavy atom. The average Bonchev–Trinajstić information content (AvgIpc) is 2.73. The van der Waals surface area contributed by atoms with Crippen LogP contribution in [0.1, 0.15) is 18.4 Å². The normalized spacial score (nSPS) is 20.8. The third-order valence-corrected chi connectivity index (χ3v) is 4.98. The van der Waals surface area contributed by atoms with Gasteiger partial charge in [0.25, 0.3) is 0 Å². The first kappa shape index (κ1) is 15.6. The van der Waals surface area contributed by atoms with E-state index in [0.717, 1.165) is 12.1 Å². The molecule has 1 aliphatic heterocycles. The second-order valence-corrected chi connectivity index (χ2v) is 7.17. The molecule has 0 saturated carbocycles. The van der Waals surface area contributed by atoms with Crippen molar-refractivity contribution in [2.45, 2.75) is 12.8 Å². The minimum Gasteiger partial charge on any atom is -0.273 e. The van der Waals surface area contributed by atoms with E-state index in [1.165, 1.54) is 12.3 Å². The average molecular weight is 316 g/mol. The first-order valence-corrected chi connectivity index (χ1v) is 8.15. The van der Waals surface area contributed by atoms with E-state index >= 15 is 0 Å². The summed E-state index contributed by atoms with van der Waals surface area (Å²) in [5.74, 6) is -2.42. The molecule has 114 valence electrons. The Morgan fingerprint density at radius 3 is 2.76 bits per heavy atom. The molecule has 1 aromatic carbocycles. The zero-order valence-corrected chi connectivity index (χ0v) is 11.9. The molecule has 0 unspecified atom stereocenters. The van der Waals surface area contributed by atoms with Crippen LogP contribution in [0.2, 0.25) is 0 Å². The number of amides is 1. The number of sulfone groups is 1. The summed E-state index contributed by atoms with van der Waals surface area (Å²) in [4.78, 5) is 11.6. The Labute approximate surface area is 121 Å². The van der Waals surface area contributed by atoms with Crippen molar-refractivity contribution in [2.24, 2.45) is 11.0 Å². The van der Waals surface area contributed by atoms with E-state index in [-0.39, 0.29) is 23.8 Å². The monoisotopic (exact) mass is 316 g/mol. The molecule has 1 aromatic rings. The number of hydrazone groups is 1. The van der Waals surface area contributed by atoms with Crippen molar-refractivity contribution in [3.8, 4) is 0 Å². The molecular formula is C13H14F2N2O3S. The van der Waals surface area contributed by atoms with Crippen molar-refractivity contribution in [1.82, 2.24) is 5.43 Å². The Morgan fingerprint density at radius 2 is 2.14 bits per heavy atom. The highest BCUT2D eigenvalue weighted by molar-refractivity contribution is 7.91. The largest absolute Gasteiger partial charge is 0.273 e. The van der Waals surface area contributed by atoms with Gasteiger partial charge in [0, 0.05) is 6.42 Å². The molecule has 5 nitrogen and oxygen atoms in total. The van der Waals surface area contributed by atoms with Crippen LogP contribution in [-0.4, -0.2) is 32.0 Å². The molecular weight excluding hydrogens is 302 g/mol. The second-order valence-electron chi connectivity index (χ2n) is 4.94. The summed E-state index contributed by atoms with van der Waals surface area (Å²) >= 11 is 0. The highest BCUT2D eigenvalue weighted by Gasteiger charge is 2.29. The number of carbonyl (C=O) groups excluding carboxylic acids is 1. The van der Waals surface area contributed by atoms with Gasteiger partial charge in [0.1, 0.15) is 0 Å². The van der Waals surface area contributed by atoms with E-state index in [9.17, 15) is 22.0 Å². The Hall–Kier alpha value is -1.83. The number of nitrogens with one attached hydrogen (secondary N) is 1. The molecule has 1 amide bonds. The number of halogens is 2. The van der Waals surface area contributed by atoms with Crippen molar-refractivity contribution < 1.29 is 22.0 Å². The van der Waals surface area contributed by atoms with Crippen molar-refractivity contribution in [2.75, 3.05) is 11.5 Å². The molecule has 1 fully saturated rings. The molecule has 8 heteroatoms. The molecule has 1 saturated heterocycles. The van der Waals surface area contributed by atoms with Crippen LogP contribution in [-0.2, 0) is 14.6 Å². The Bertz CT molecular complexity index is 674. The van der Waals surface area contributed by atoms with Crippen LogP contribution in [0, 0.1) is 17.6 Å². The van der Waals surface area contributed by atoms with E-state index in [1.54, 1.807) is 0 Å². The molecule has 0 aliphatic carbocycles. The fourth-order valence-electron chi connectivity index (χ4n) is 2.11. The van der Waals surface area contributed by atoms with Gasteiger partial charge in [0.15, 0.2) is 21.5 Å². The molecule has 2 rings (SSSR count). The summed E-state index contributed by atoms with van der Waals surface area (Å²) in [6.07, 6.45) is 1.74. The number of carbonyl (C=O) groups is 1. The van der Waals surface area contributed by atoms with E-state index in [1.807, 2.05) is 0 Å². The molecule has 0 radical (unpaired) electrons. The van der Waals surface area contributed by atoms with Gasteiger partial charge in [-0.1, -0.05) is 6.07 Å². The molecule has 0 bridgehead atoms. The second kappa shape index (κ2) is 6.30. The van der Waals surface area contributed by atoms with Crippen LogP contribution in [0.3, 0.4) is 0 Å². The van der Waals surface area contributed by atoms with Gasteiger partial charge in [0.05, 0.1) is 17.7 Å². The van der Waals surface area contributed by atoms with Crippen LogP contribution < -0.4 is 5.43 Å². The van der Waals surface area contributed by atoms with Crippen molar-refractivity contribution in [3.63, 3.8) is 0 Å². The SMILES string of the molecule is O=C(C[C@@H]1CCS(=O)(=O)C1)N/N=C\c1ccc(F)c(F)c1. The maximum atomic E-state index is 12.9. The highest BCUT2D eigenvalue weighted by atomic mass is 32.2. The lowest BCUT2D eigenvalue weighted by Crippen LogP contribution is -2.21. The quantitative estimate of drug-likeness (QED) is 0.671. The standard InChI is InChI=1S/C13H14F2N2O3S/c14-11-2-1-9(5-12(11)15)7-16-17-13(18)6-10-3-4-21(19,20)8-10/h1-2,5,7,10H,3-4,6,8H2,(H,17,18)/b16-7-/t10-/m0/s1. The Balaban J connectivity index is 1.83. The lowest BCUT2D eigenvalue weighted by atomic mass is 10.1. The van der Waals surface area contributed by atoms with Crippen molar-refractivity contribution in [3.05, 3.63) is 35.4 Å². The molecule has 21 heavy (non-hydrogen) atoms. The van der Waals surface area contributed by atoms with Gasteiger partial charge >= 0.3 is 0 Å². The first-order chi connectivity index (χ1) is 9.85. The maximum Gasteiger partial charge on any atom is 0.240 e. The summed E-state index contributed by atoms with van der Waals surface area (Å²) in [6, 6.07) is 3.23. The fourth-order valence-corrected chi connectivity index (χ4v) is 3.97. The lowest BCUT2D eigenvalue weighted by molar-refractivity contribution is -0.121. The van der Waals surface area contributed by atoms with E-state index in [2.05, 4.69) is 10.5 Å². The smallest absolute Gasteiger partial charge is 0.240 e. The fraction of sp³-hybridized carbons (Fsp3) is 0.385. The van der Waals surface area contributed by atoms with Crippen molar-refractivity contribution >= 4 is 22.0 Å². The van der Waals surface area contributed by atoms with Crippen LogP contribution >= 0.6 is 0 Å². The summed E-state index contributed by atoms with van der Waals surface area (Å²) < 4.78 is 48.1. The van der Waals surface area contributed by atoms with Gasteiger partial charge in [-0.15, -0.1) is 0 Å². The minimum atomic E-state index is -3.01. The van der Waals surface area contributed by atoms with Crippen LogP contribution in [0.15, 0.2) is 23.3 Å². The molecule has 0 spiro atoms. The molecule has 0 aromatic heterocycles. The van der Waals surface area contributed by atoms with Crippen LogP contribution in [0.5, 0.6) is 0 Å². The molecule has 1 aliphatic rings. The zero-order chi connectivity index (χ0) is 15.5. The van der Waals surface area contributed by atoms with Crippen LogP contribution in [0.4, 0.5) is 8.78 Å². The number of hydrogen-bond donors (Lipinski definition) is 1. The summed E-state index contributed by atoms with van der Waals surface area (Å²) in [5, 5.41) is 3.63. The van der Waals surface area contributed by atoms with Gasteiger partial charge in [-0.3, -0.25) is 4.79 Å². The first-order valence-electron chi connectivity index (χ1n) is 6.33. The molecule has 1 N–H and O–H groups in total. The number of benzene rings is 1. The van der Waals surface area contributed by atoms with Gasteiger partial charge in [-0.25, -0.2) is 22.6 Å². The van der Waals surface area contributed by atoms with E-state index in [4.69, 9.17) is 0 Å². The van der Waals surface area contributed by atoms with Crippen LogP contribution in [0.25, 0.3) is 0 Å². The van der Waals surface area contributed by atoms with E-state index in [0.29, 0.717) is 12.0 Å². The minimum absolute atomic E-state index is 0.0211. The maximum absolute atomic E-state index is 12.9. The molecule has 1 heterocycles. The predicted molar refractivity (Wildman–Crippen MR) is 73.5 cm³/mol. The molecule has 1 atom stereocenters. The third-order valence-electron chi connectivity index (χ3n) is 3.15. The predicted octanol–water partition coefficient (Wildman–Crippen LogP) is 1.24. The summed E-state index contributed by atoms with van der Waals surface area (Å²) in [7, 11) is -3.01. The van der Waals surface area contributed by atoms with Gasteiger partial charge < -0.3 is 0 Å². The van der Waals surface area contributed by atoms with Gasteiger partial charge in [-0.05, 0) is 30.0 Å². The number of hydrogen-bond acceptors (Lipinski definition) is 4. The summed E-state index contributed by atoms with van der Waals surface area (Å²) in [6.45, 7) is 0. The summed E-state index contributed by atoms with van der Waals surface area (Å²) in [5.41, 5.74) is 2.54. The Kier molecular flexibility index (Phi) is 4.66.